The lowest BCUT2D eigenvalue weighted by Crippen LogP contribution is -2.10. The molecule has 0 fully saturated rings. The number of anilines is 1. The van der Waals surface area contributed by atoms with Crippen molar-refractivity contribution in [2.75, 3.05) is 5.32 Å². The SMILES string of the molecule is O=C(Nc1ccc(-c2noc(=O)[nH]2)cc1)c1ccsc1. The molecule has 20 heavy (non-hydrogen) atoms. The summed E-state index contributed by atoms with van der Waals surface area (Å²) in [5, 5.41) is 10.00. The molecule has 0 bridgehead atoms. The third kappa shape index (κ3) is 2.52. The van der Waals surface area contributed by atoms with Crippen LogP contribution >= 0.6 is 11.3 Å². The number of hydrogen-bond donors (Lipinski definition) is 2. The molecule has 2 N–H and O–H groups in total. The molecule has 0 aliphatic rings. The Hall–Kier alpha value is -2.67. The minimum absolute atomic E-state index is 0.158. The first-order valence-electron chi connectivity index (χ1n) is 5.72. The molecule has 7 heteroatoms. The van der Waals surface area contributed by atoms with Crippen LogP contribution in [0.3, 0.4) is 0 Å². The molecular weight excluding hydrogens is 278 g/mol. The van der Waals surface area contributed by atoms with E-state index in [0.717, 1.165) is 0 Å². The van der Waals surface area contributed by atoms with E-state index in [9.17, 15) is 9.59 Å². The molecule has 6 nitrogen and oxygen atoms in total. The van der Waals surface area contributed by atoms with Gasteiger partial charge in [0, 0.05) is 16.6 Å². The van der Waals surface area contributed by atoms with Gasteiger partial charge in [-0.3, -0.25) is 14.3 Å². The Kier molecular flexibility index (Phi) is 3.18. The van der Waals surface area contributed by atoms with Crippen molar-refractivity contribution in [3.05, 3.63) is 57.2 Å². The van der Waals surface area contributed by atoms with E-state index in [1.807, 2.05) is 5.38 Å². The Balaban J connectivity index is 1.76. The Morgan fingerprint density at radius 2 is 2.05 bits per heavy atom. The molecule has 1 aromatic carbocycles. The van der Waals surface area contributed by atoms with Crippen LogP contribution in [0.5, 0.6) is 0 Å². The third-order valence-electron chi connectivity index (χ3n) is 2.64. The molecule has 3 rings (SSSR count). The maximum Gasteiger partial charge on any atom is 0.439 e. The number of aromatic amines is 1. The quantitative estimate of drug-likeness (QED) is 0.774. The first kappa shape index (κ1) is 12.4. The molecule has 0 saturated heterocycles. The van der Waals surface area contributed by atoms with E-state index in [1.54, 1.807) is 35.7 Å². The van der Waals surface area contributed by atoms with Crippen LogP contribution in [-0.4, -0.2) is 16.0 Å². The molecule has 0 saturated carbocycles. The Morgan fingerprint density at radius 1 is 1.25 bits per heavy atom. The highest BCUT2D eigenvalue weighted by molar-refractivity contribution is 7.08. The molecule has 0 aliphatic heterocycles. The summed E-state index contributed by atoms with van der Waals surface area (Å²) in [5.74, 6) is -0.408. The smallest absolute Gasteiger partial charge is 0.322 e. The number of carbonyl (C=O) groups is 1. The average Bonchev–Trinajstić information content (AvgIpc) is 3.10. The van der Waals surface area contributed by atoms with Gasteiger partial charge in [0.25, 0.3) is 5.91 Å². The van der Waals surface area contributed by atoms with Crippen LogP contribution in [0.4, 0.5) is 5.69 Å². The maximum atomic E-state index is 11.9. The van der Waals surface area contributed by atoms with Gasteiger partial charge < -0.3 is 5.32 Å². The Labute approximate surface area is 117 Å². The van der Waals surface area contributed by atoms with Gasteiger partial charge in [-0.15, -0.1) is 0 Å². The molecule has 100 valence electrons. The lowest BCUT2D eigenvalue weighted by molar-refractivity contribution is 0.102. The van der Waals surface area contributed by atoms with Gasteiger partial charge in [0.05, 0.1) is 5.56 Å². The van der Waals surface area contributed by atoms with Crippen LogP contribution in [0, 0.1) is 0 Å². The number of H-pyrrole nitrogens is 1. The standard InChI is InChI=1S/C13H9N3O3S/c17-12(9-5-6-20-7-9)14-10-3-1-8(2-4-10)11-15-13(18)19-16-11/h1-7H,(H,14,17)(H,15,16,18). The summed E-state index contributed by atoms with van der Waals surface area (Å²) in [6.07, 6.45) is 0. The number of nitrogens with zero attached hydrogens (tertiary/aromatic N) is 1. The van der Waals surface area contributed by atoms with Crippen LogP contribution in [-0.2, 0) is 0 Å². The number of rotatable bonds is 3. The summed E-state index contributed by atoms with van der Waals surface area (Å²) in [4.78, 5) is 25.2. The molecule has 0 radical (unpaired) electrons. The van der Waals surface area contributed by atoms with E-state index in [1.165, 1.54) is 11.3 Å². The lowest BCUT2D eigenvalue weighted by Gasteiger charge is -2.04. The monoisotopic (exact) mass is 287 g/mol. The van der Waals surface area contributed by atoms with Gasteiger partial charge in [-0.25, -0.2) is 4.79 Å². The van der Waals surface area contributed by atoms with E-state index in [4.69, 9.17) is 0 Å². The van der Waals surface area contributed by atoms with Crippen molar-refractivity contribution in [2.45, 2.75) is 0 Å². The van der Waals surface area contributed by atoms with Crippen molar-refractivity contribution >= 4 is 22.9 Å². The van der Waals surface area contributed by atoms with Crippen molar-refractivity contribution in [1.29, 1.82) is 0 Å². The van der Waals surface area contributed by atoms with Crippen molar-refractivity contribution < 1.29 is 9.32 Å². The predicted octanol–water partition coefficient (Wildman–Crippen LogP) is 2.34. The summed E-state index contributed by atoms with van der Waals surface area (Å²) >= 11 is 1.47. The van der Waals surface area contributed by atoms with Crippen molar-refractivity contribution in [2.24, 2.45) is 0 Å². The van der Waals surface area contributed by atoms with Gasteiger partial charge in [-0.1, -0.05) is 5.16 Å². The molecule has 1 amide bonds. The van der Waals surface area contributed by atoms with Gasteiger partial charge in [-0.2, -0.15) is 11.3 Å². The molecular formula is C13H9N3O3S. The average molecular weight is 287 g/mol. The fraction of sp³-hybridized carbons (Fsp3) is 0. The second kappa shape index (κ2) is 5.14. The van der Waals surface area contributed by atoms with Crippen LogP contribution in [0.1, 0.15) is 10.4 Å². The summed E-state index contributed by atoms with van der Waals surface area (Å²) in [6, 6.07) is 8.68. The minimum Gasteiger partial charge on any atom is -0.322 e. The number of nitrogens with one attached hydrogen (secondary N) is 2. The van der Waals surface area contributed by atoms with Crippen LogP contribution < -0.4 is 11.1 Å². The summed E-state index contributed by atoms with van der Waals surface area (Å²) in [7, 11) is 0. The number of amides is 1. The topological polar surface area (TPSA) is 88.0 Å². The van der Waals surface area contributed by atoms with Crippen molar-refractivity contribution in [3.8, 4) is 11.4 Å². The van der Waals surface area contributed by atoms with Crippen LogP contribution in [0.25, 0.3) is 11.4 Å². The van der Waals surface area contributed by atoms with Gasteiger partial charge >= 0.3 is 5.76 Å². The molecule has 2 heterocycles. The molecule has 0 atom stereocenters. The molecule has 0 spiro atoms. The second-order valence-electron chi connectivity index (χ2n) is 3.99. The summed E-state index contributed by atoms with van der Waals surface area (Å²) in [5.41, 5.74) is 1.99. The number of carbonyl (C=O) groups excluding carboxylic acids is 1. The van der Waals surface area contributed by atoms with Crippen molar-refractivity contribution in [1.82, 2.24) is 10.1 Å². The van der Waals surface area contributed by atoms with E-state index in [2.05, 4.69) is 20.0 Å². The Morgan fingerprint density at radius 3 is 2.65 bits per heavy atom. The Bertz CT molecular complexity index is 772. The first-order valence-corrected chi connectivity index (χ1v) is 6.66. The van der Waals surface area contributed by atoms with Gasteiger partial charge in [-0.05, 0) is 35.7 Å². The lowest BCUT2D eigenvalue weighted by atomic mass is 10.2. The number of thiophene rings is 1. The summed E-state index contributed by atoms with van der Waals surface area (Å²) in [6.45, 7) is 0. The summed E-state index contributed by atoms with van der Waals surface area (Å²) < 4.78 is 4.43. The van der Waals surface area contributed by atoms with Gasteiger partial charge in [0.1, 0.15) is 0 Å². The zero-order valence-corrected chi connectivity index (χ0v) is 10.9. The molecule has 0 aliphatic carbocycles. The molecule has 2 aromatic heterocycles. The van der Waals surface area contributed by atoms with Gasteiger partial charge in [0.2, 0.25) is 0 Å². The van der Waals surface area contributed by atoms with Crippen LogP contribution in [0.15, 0.2) is 50.4 Å². The largest absolute Gasteiger partial charge is 0.439 e. The van der Waals surface area contributed by atoms with E-state index >= 15 is 0 Å². The zero-order valence-electron chi connectivity index (χ0n) is 10.1. The van der Waals surface area contributed by atoms with Crippen LogP contribution in [0.2, 0.25) is 0 Å². The highest BCUT2D eigenvalue weighted by atomic mass is 32.1. The van der Waals surface area contributed by atoms with Gasteiger partial charge in [0.15, 0.2) is 5.82 Å². The van der Waals surface area contributed by atoms with E-state index in [0.29, 0.717) is 22.6 Å². The normalized spacial score (nSPS) is 10.4. The third-order valence-corrected chi connectivity index (χ3v) is 3.32. The fourth-order valence-electron chi connectivity index (χ4n) is 1.66. The maximum absolute atomic E-state index is 11.9. The predicted molar refractivity (Wildman–Crippen MR) is 74.8 cm³/mol. The van der Waals surface area contributed by atoms with E-state index < -0.39 is 5.76 Å². The van der Waals surface area contributed by atoms with Crippen molar-refractivity contribution in [3.63, 3.8) is 0 Å². The highest BCUT2D eigenvalue weighted by Gasteiger charge is 2.07. The number of hydrogen-bond acceptors (Lipinski definition) is 5. The molecule has 3 aromatic rings. The minimum atomic E-state index is -0.602. The highest BCUT2D eigenvalue weighted by Crippen LogP contribution is 2.18. The number of benzene rings is 1. The number of aromatic nitrogens is 2. The fourth-order valence-corrected chi connectivity index (χ4v) is 2.30. The zero-order chi connectivity index (χ0) is 13.9. The molecule has 0 unspecified atom stereocenters. The second-order valence-corrected chi connectivity index (χ2v) is 4.77. The first-order chi connectivity index (χ1) is 9.72. The van der Waals surface area contributed by atoms with E-state index in [-0.39, 0.29) is 5.91 Å².